The summed E-state index contributed by atoms with van der Waals surface area (Å²) < 4.78 is 10.6. The van der Waals surface area contributed by atoms with E-state index < -0.39 is 141 Å². The number of ether oxygens (including phenoxy) is 2. The third-order valence-electron chi connectivity index (χ3n) is 16.4. The monoisotopic (exact) mass is 1590 g/mol. The molecule has 3 atom stereocenters. The number of esters is 2. The number of thiocarbonyl (C=S) groups is 1. The van der Waals surface area contributed by atoms with Crippen LogP contribution in [0.3, 0.4) is 0 Å². The number of carbonyl (C=O) groups is 15. The van der Waals surface area contributed by atoms with Gasteiger partial charge in [0.15, 0.2) is 5.11 Å². The highest BCUT2D eigenvalue weighted by molar-refractivity contribution is 7.80. The molecular weight excluding hydrogens is 1490 g/mol. The summed E-state index contributed by atoms with van der Waals surface area (Å²) in [5.74, 6) is -12.3. The number of amides is 8. The summed E-state index contributed by atoms with van der Waals surface area (Å²) in [7, 11) is 0. The summed E-state index contributed by atoms with van der Waals surface area (Å²) in [6.45, 7) is -1.74. The van der Waals surface area contributed by atoms with Crippen LogP contribution in [0.1, 0.15) is 101 Å². The minimum absolute atomic E-state index is 0.00861. The Balaban J connectivity index is 1.42. The fourth-order valence-corrected chi connectivity index (χ4v) is 11.3. The first kappa shape index (κ1) is 92.8. The van der Waals surface area contributed by atoms with E-state index in [1.807, 2.05) is 0 Å². The summed E-state index contributed by atoms with van der Waals surface area (Å²) in [4.78, 5) is 207. The average Bonchev–Trinajstić information content (AvgIpc) is 1.05. The van der Waals surface area contributed by atoms with Crippen LogP contribution in [0.25, 0.3) is 0 Å². The van der Waals surface area contributed by atoms with E-state index in [9.17, 15) is 97.5 Å². The van der Waals surface area contributed by atoms with Crippen LogP contribution < -0.4 is 53.2 Å². The average molecular weight is 1590 g/mol. The van der Waals surface area contributed by atoms with Gasteiger partial charge in [0, 0.05) is 121 Å². The Morgan fingerprint density at radius 2 is 0.830 bits per heavy atom. The van der Waals surface area contributed by atoms with Crippen LogP contribution in [0.5, 0.6) is 0 Å². The van der Waals surface area contributed by atoms with Gasteiger partial charge in [-0.2, -0.15) is 0 Å². The maximum atomic E-state index is 14.1. The molecule has 0 saturated carbocycles. The van der Waals surface area contributed by atoms with Crippen LogP contribution in [0, 0.1) is 0 Å². The third-order valence-corrected chi connectivity index (χ3v) is 16.6. The Kier molecular flexibility index (Phi) is 43.5. The van der Waals surface area contributed by atoms with E-state index in [0.29, 0.717) is 74.1 Å². The first-order valence-electron chi connectivity index (χ1n) is 36.3. The van der Waals surface area contributed by atoms with Gasteiger partial charge in [0.25, 0.3) is 0 Å². The van der Waals surface area contributed by atoms with E-state index in [0.717, 1.165) is 21.2 Å². The smallest absolute Gasteiger partial charge is 0.328 e. The number of unbranched alkanes of at least 4 members (excludes halogenated alkanes) is 2. The van der Waals surface area contributed by atoms with Crippen molar-refractivity contribution in [2.75, 3.05) is 129 Å². The number of nitrogens with zero attached hydrogens (tertiary/aromatic N) is 6. The molecule has 0 saturated heterocycles. The Morgan fingerprint density at radius 3 is 1.22 bits per heavy atom. The number of imidazole rings is 2. The molecule has 0 aliphatic heterocycles. The molecule has 0 spiro atoms. The molecule has 41 heteroatoms. The highest BCUT2D eigenvalue weighted by atomic mass is 32.1. The molecule has 614 valence electrons. The van der Waals surface area contributed by atoms with Crippen molar-refractivity contribution in [1.82, 2.24) is 82.1 Å². The third kappa shape index (κ3) is 41.9. The standard InChI is InChI=1S/C71H102N18O22S/c1-3-110-69(108)54(9-5-7-25-74-60(94)34-78-58(92)21-19-56(90)76-27-23-51-32-72-45-80-51)84-62(96)38-88(39-63(97)85-55(70(109)111-4-2)10-6-8-26-75-61(95)35-79-59(93)22-20-57(91)77-28-24-52-33-73-46-81-52)36-48-13-17-50(18-14-48)83-71(112)82-49-15-11-47(12-16-49)31-53(89(43-67(104)105)44-68(106)107)37-86(40-64(98)99)29-30-87(41-65(100)101)42-66(102)103/h11-18,32-33,45-46,53-55H,3-10,19-31,34-44H2,1-2H3,(H,72,80)(H,73,81)(H,74,94)(H,75,95)(H,76,90)(H,77,91)(H,78,92)(H,79,93)(H,84,96)(H,85,97)(H,98,99)(H,100,101)(H,102,103)(H,104,105)(H,106,107)(H2,82,83,112). The molecular formula is C71H102N18O22S. The number of carboxylic acid groups (broad SMARTS) is 5. The fourth-order valence-electron chi connectivity index (χ4n) is 11.1. The van der Waals surface area contributed by atoms with Gasteiger partial charge in [-0.3, -0.25) is 81.9 Å². The first-order valence-corrected chi connectivity index (χ1v) is 36.7. The maximum absolute atomic E-state index is 14.1. The van der Waals surface area contributed by atoms with E-state index in [1.54, 1.807) is 74.8 Å². The van der Waals surface area contributed by atoms with Crippen molar-refractivity contribution in [3.63, 3.8) is 0 Å². The maximum Gasteiger partial charge on any atom is 0.328 e. The molecule has 8 amide bonds. The lowest BCUT2D eigenvalue weighted by Crippen LogP contribution is -2.51. The second-order valence-corrected chi connectivity index (χ2v) is 26.0. The number of nitrogens with one attached hydrogen (secondary N) is 12. The normalized spacial score (nSPS) is 11.8. The van der Waals surface area contributed by atoms with Crippen molar-refractivity contribution >= 4 is 118 Å². The van der Waals surface area contributed by atoms with E-state index >= 15 is 0 Å². The lowest BCUT2D eigenvalue weighted by Gasteiger charge is -2.34. The van der Waals surface area contributed by atoms with Crippen molar-refractivity contribution < 1.29 is 107 Å². The second-order valence-electron chi connectivity index (χ2n) is 25.6. The van der Waals surface area contributed by atoms with Crippen LogP contribution in [0.4, 0.5) is 11.4 Å². The molecule has 17 N–H and O–H groups in total. The van der Waals surface area contributed by atoms with Crippen molar-refractivity contribution in [3.05, 3.63) is 96.1 Å². The zero-order chi connectivity index (χ0) is 82.2. The highest BCUT2D eigenvalue weighted by Gasteiger charge is 2.30. The second kappa shape index (κ2) is 52.5. The molecule has 0 fully saturated rings. The van der Waals surface area contributed by atoms with Crippen LogP contribution >= 0.6 is 12.2 Å². The van der Waals surface area contributed by atoms with E-state index in [-0.39, 0.29) is 127 Å². The molecule has 0 aliphatic carbocycles. The quantitative estimate of drug-likeness (QED) is 0.0131. The van der Waals surface area contributed by atoms with Gasteiger partial charge in [-0.05, 0) is 106 Å². The van der Waals surface area contributed by atoms with Crippen LogP contribution in [-0.2, 0) is 107 Å². The predicted octanol–water partition coefficient (Wildman–Crippen LogP) is -1.84. The van der Waals surface area contributed by atoms with E-state index in [2.05, 4.69) is 73.1 Å². The molecule has 40 nitrogen and oxygen atoms in total. The SMILES string of the molecule is CCOC(=O)C(CCCCNC(=O)CNC(=O)CCC(=O)NCCc1c[nH]cn1)NC(=O)CN(CC(=O)NC(CCCCNC(=O)CNC(=O)CCC(=O)NCCc1c[nH]cn1)C(=O)OCC)Cc1ccc(NC(=S)Nc2ccc(CC(CN(CCN(CC(=O)O)CC(=O)O)CC(=O)O)N(CC(=O)O)CC(=O)O)cc2)cc1. The summed E-state index contributed by atoms with van der Waals surface area (Å²) in [5.41, 5.74) is 3.60. The first-order chi connectivity index (χ1) is 53.5. The molecule has 0 radical (unpaired) electrons. The molecule has 2 aromatic carbocycles. The van der Waals surface area contributed by atoms with Gasteiger partial charge in [0.2, 0.25) is 47.3 Å². The summed E-state index contributed by atoms with van der Waals surface area (Å²) in [6.07, 6.45) is 8.41. The van der Waals surface area contributed by atoms with Crippen LogP contribution in [0.2, 0.25) is 0 Å². The minimum atomic E-state index is -1.37. The number of carboxylic acids is 5. The zero-order valence-corrected chi connectivity index (χ0v) is 63.4. The van der Waals surface area contributed by atoms with Gasteiger partial charge >= 0.3 is 41.8 Å². The lowest BCUT2D eigenvalue weighted by atomic mass is 10.0. The predicted molar refractivity (Wildman–Crippen MR) is 404 cm³/mol. The molecule has 3 unspecified atom stereocenters. The lowest BCUT2D eigenvalue weighted by molar-refractivity contribution is -0.148. The molecule has 4 aromatic rings. The van der Waals surface area contributed by atoms with Gasteiger partial charge in [0.1, 0.15) is 12.1 Å². The number of hydrogen-bond donors (Lipinski definition) is 17. The Hall–Kier alpha value is -11.6. The number of aliphatic carboxylic acids is 5. The molecule has 4 rings (SSSR count). The summed E-state index contributed by atoms with van der Waals surface area (Å²) in [6, 6.07) is 9.94. The topological polar surface area (TPSA) is 566 Å². The number of benzene rings is 2. The minimum Gasteiger partial charge on any atom is -0.480 e. The van der Waals surface area contributed by atoms with Gasteiger partial charge in [0.05, 0.1) is 96.2 Å². The highest BCUT2D eigenvalue weighted by Crippen LogP contribution is 2.18. The summed E-state index contributed by atoms with van der Waals surface area (Å²) >= 11 is 5.63. The molecule has 2 aromatic heterocycles. The van der Waals surface area contributed by atoms with Gasteiger partial charge in [-0.25, -0.2) is 19.6 Å². The van der Waals surface area contributed by atoms with Crippen molar-refractivity contribution in [3.8, 4) is 0 Å². The Labute approximate surface area is 650 Å². The number of aromatic amines is 2. The number of rotatable bonds is 58. The number of H-pyrrole nitrogens is 2. The largest absolute Gasteiger partial charge is 0.480 e. The number of anilines is 2. The fraction of sp³-hybridized carbons (Fsp3) is 0.521. The van der Waals surface area contributed by atoms with Crippen molar-refractivity contribution in [2.24, 2.45) is 0 Å². The van der Waals surface area contributed by atoms with E-state index in [4.69, 9.17) is 21.7 Å². The number of aromatic nitrogens is 4. The molecule has 0 aliphatic rings. The Bertz CT molecular complexity index is 3540. The van der Waals surface area contributed by atoms with Gasteiger partial charge in [-0.1, -0.05) is 24.3 Å². The number of hydrogen-bond acceptors (Lipinski definition) is 24. The van der Waals surface area contributed by atoms with Gasteiger partial charge in [-0.15, -0.1) is 0 Å². The van der Waals surface area contributed by atoms with E-state index in [1.165, 1.54) is 22.5 Å². The zero-order valence-electron chi connectivity index (χ0n) is 62.6. The number of carbonyl (C=O) groups excluding carboxylic acids is 10. The van der Waals surface area contributed by atoms with Crippen LogP contribution in [0.15, 0.2) is 73.6 Å². The van der Waals surface area contributed by atoms with Crippen molar-refractivity contribution in [2.45, 2.75) is 122 Å². The van der Waals surface area contributed by atoms with Crippen LogP contribution in [-0.4, -0.2) is 295 Å². The van der Waals surface area contributed by atoms with Crippen molar-refractivity contribution in [1.29, 1.82) is 0 Å². The van der Waals surface area contributed by atoms with Gasteiger partial charge < -0.3 is 98.1 Å². The summed E-state index contributed by atoms with van der Waals surface area (Å²) in [5, 5.41) is 75.3. The molecule has 0 bridgehead atoms. The molecule has 2 heterocycles. The molecule has 112 heavy (non-hydrogen) atoms. The Morgan fingerprint density at radius 1 is 0.446 bits per heavy atom.